The number of ether oxygens (including phenoxy) is 1. The van der Waals surface area contributed by atoms with E-state index in [1.807, 2.05) is 12.1 Å². The second-order valence-corrected chi connectivity index (χ2v) is 4.42. The summed E-state index contributed by atoms with van der Waals surface area (Å²) in [6, 6.07) is 12.4. The van der Waals surface area contributed by atoms with Crippen LogP contribution >= 0.6 is 0 Å². The predicted molar refractivity (Wildman–Crippen MR) is 78.8 cm³/mol. The topological polar surface area (TPSA) is 81.0 Å². The number of aromatic nitrogens is 2. The van der Waals surface area contributed by atoms with Gasteiger partial charge < -0.3 is 15.5 Å². The van der Waals surface area contributed by atoms with Crippen molar-refractivity contribution in [1.29, 1.82) is 0 Å². The monoisotopic (exact) mass is 267 g/mol. The second-order valence-electron chi connectivity index (χ2n) is 4.42. The maximum atomic E-state index is 12.1. The average molecular weight is 267 g/mol. The molecule has 0 saturated heterocycles. The molecule has 2 aromatic carbocycles. The molecule has 5 nitrogen and oxygen atoms in total. The Morgan fingerprint density at radius 3 is 2.60 bits per heavy atom. The third-order valence-corrected chi connectivity index (χ3v) is 3.10. The number of H-pyrrole nitrogens is 1. The van der Waals surface area contributed by atoms with Crippen molar-refractivity contribution in [1.82, 2.24) is 9.97 Å². The van der Waals surface area contributed by atoms with Crippen molar-refractivity contribution >= 4 is 16.6 Å². The number of methoxy groups -OCH3 is 1. The highest BCUT2D eigenvalue weighted by molar-refractivity contribution is 5.81. The minimum Gasteiger partial charge on any atom is -0.497 e. The molecule has 0 saturated carbocycles. The number of hydrogen-bond acceptors (Lipinski definition) is 4. The van der Waals surface area contributed by atoms with Crippen molar-refractivity contribution in [2.45, 2.75) is 0 Å². The lowest BCUT2D eigenvalue weighted by atomic mass is 10.1. The molecular formula is C15H13N3O2. The maximum absolute atomic E-state index is 12.1. The first-order chi connectivity index (χ1) is 9.67. The van der Waals surface area contributed by atoms with Crippen LogP contribution in [0.15, 0.2) is 47.3 Å². The van der Waals surface area contributed by atoms with Crippen LogP contribution in [0.5, 0.6) is 5.75 Å². The molecule has 5 heteroatoms. The molecule has 100 valence electrons. The quantitative estimate of drug-likeness (QED) is 0.697. The number of hydrogen-bond donors (Lipinski definition) is 2. The van der Waals surface area contributed by atoms with E-state index in [4.69, 9.17) is 10.5 Å². The van der Waals surface area contributed by atoms with Crippen LogP contribution in [0, 0.1) is 0 Å². The number of nitrogen functional groups attached to an aromatic ring is 1. The molecule has 0 aliphatic carbocycles. The van der Waals surface area contributed by atoms with Gasteiger partial charge in [-0.05, 0) is 42.5 Å². The fourth-order valence-corrected chi connectivity index (χ4v) is 2.02. The van der Waals surface area contributed by atoms with Crippen LogP contribution < -0.4 is 16.0 Å². The lowest BCUT2D eigenvalue weighted by Crippen LogP contribution is -2.09. The molecule has 20 heavy (non-hydrogen) atoms. The highest BCUT2D eigenvalue weighted by Crippen LogP contribution is 2.20. The van der Waals surface area contributed by atoms with Gasteiger partial charge in [-0.3, -0.25) is 4.79 Å². The minimum absolute atomic E-state index is 0.194. The summed E-state index contributed by atoms with van der Waals surface area (Å²) in [5, 5.41) is 0.503. The first-order valence-electron chi connectivity index (χ1n) is 6.11. The van der Waals surface area contributed by atoms with Crippen molar-refractivity contribution in [3.05, 3.63) is 52.8 Å². The van der Waals surface area contributed by atoms with Crippen molar-refractivity contribution < 1.29 is 4.74 Å². The van der Waals surface area contributed by atoms with Crippen LogP contribution in [-0.2, 0) is 0 Å². The van der Waals surface area contributed by atoms with Crippen LogP contribution in [-0.4, -0.2) is 17.1 Å². The number of aromatic amines is 1. The normalized spacial score (nSPS) is 10.7. The van der Waals surface area contributed by atoms with Crippen LogP contribution in [0.3, 0.4) is 0 Å². The highest BCUT2D eigenvalue weighted by Gasteiger charge is 2.07. The van der Waals surface area contributed by atoms with E-state index in [0.29, 0.717) is 28.2 Å². The van der Waals surface area contributed by atoms with Gasteiger partial charge in [0.1, 0.15) is 11.6 Å². The molecule has 0 aliphatic rings. The zero-order valence-corrected chi connectivity index (χ0v) is 10.9. The van der Waals surface area contributed by atoms with Crippen LogP contribution in [0.25, 0.3) is 22.3 Å². The van der Waals surface area contributed by atoms with E-state index in [-0.39, 0.29) is 5.56 Å². The molecular weight excluding hydrogens is 254 g/mol. The van der Waals surface area contributed by atoms with E-state index in [2.05, 4.69) is 9.97 Å². The number of nitrogens with zero attached hydrogens (tertiary/aromatic N) is 1. The van der Waals surface area contributed by atoms with Gasteiger partial charge in [-0.1, -0.05) is 0 Å². The molecule has 0 spiro atoms. The fourth-order valence-electron chi connectivity index (χ4n) is 2.02. The molecule has 0 unspecified atom stereocenters. The van der Waals surface area contributed by atoms with Gasteiger partial charge in [-0.15, -0.1) is 0 Å². The zero-order valence-electron chi connectivity index (χ0n) is 10.9. The molecule has 0 atom stereocenters. The molecule has 3 N–H and O–H groups in total. The van der Waals surface area contributed by atoms with Gasteiger partial charge in [-0.2, -0.15) is 0 Å². The Hall–Kier alpha value is -2.82. The Balaban J connectivity index is 2.19. The van der Waals surface area contributed by atoms with Crippen LogP contribution in [0.4, 0.5) is 5.69 Å². The van der Waals surface area contributed by atoms with Gasteiger partial charge in [0.2, 0.25) is 0 Å². The summed E-state index contributed by atoms with van der Waals surface area (Å²) in [6.45, 7) is 0. The smallest absolute Gasteiger partial charge is 0.259 e. The van der Waals surface area contributed by atoms with Gasteiger partial charge in [0.15, 0.2) is 0 Å². The van der Waals surface area contributed by atoms with Gasteiger partial charge in [0.05, 0.1) is 18.0 Å². The summed E-state index contributed by atoms with van der Waals surface area (Å²) < 4.78 is 5.11. The van der Waals surface area contributed by atoms with Gasteiger partial charge in [-0.25, -0.2) is 4.98 Å². The zero-order chi connectivity index (χ0) is 14.1. The van der Waals surface area contributed by atoms with E-state index in [1.54, 1.807) is 37.4 Å². The Labute approximate surface area is 115 Å². The summed E-state index contributed by atoms with van der Waals surface area (Å²) in [6.07, 6.45) is 0. The molecule has 3 aromatic rings. The average Bonchev–Trinajstić information content (AvgIpc) is 2.47. The van der Waals surface area contributed by atoms with Gasteiger partial charge >= 0.3 is 0 Å². The van der Waals surface area contributed by atoms with Crippen LogP contribution in [0.1, 0.15) is 0 Å². The largest absolute Gasteiger partial charge is 0.497 e. The Morgan fingerprint density at radius 2 is 1.90 bits per heavy atom. The van der Waals surface area contributed by atoms with E-state index in [0.717, 1.165) is 5.56 Å². The minimum atomic E-state index is -0.194. The standard InChI is InChI=1S/C15H13N3O2/c1-20-11-6-7-13-12(8-11)15(19)18-14(17-13)9-2-4-10(16)5-3-9/h2-8H,16H2,1H3,(H,17,18,19). The van der Waals surface area contributed by atoms with E-state index in [1.165, 1.54) is 0 Å². The predicted octanol–water partition coefficient (Wildman–Crippen LogP) is 2.18. The number of nitrogens with one attached hydrogen (secondary N) is 1. The number of anilines is 1. The number of rotatable bonds is 2. The first kappa shape index (κ1) is 12.2. The van der Waals surface area contributed by atoms with Crippen molar-refractivity contribution in [3.8, 4) is 17.1 Å². The molecule has 0 radical (unpaired) electrons. The summed E-state index contributed by atoms with van der Waals surface area (Å²) in [7, 11) is 1.56. The lowest BCUT2D eigenvalue weighted by Gasteiger charge is -2.05. The molecule has 3 rings (SSSR count). The molecule has 0 bridgehead atoms. The Kier molecular flexibility index (Phi) is 2.87. The fraction of sp³-hybridized carbons (Fsp3) is 0.0667. The summed E-state index contributed by atoms with van der Waals surface area (Å²) in [5.74, 6) is 1.15. The third kappa shape index (κ3) is 2.09. The maximum Gasteiger partial charge on any atom is 0.259 e. The van der Waals surface area contributed by atoms with E-state index < -0.39 is 0 Å². The molecule has 1 heterocycles. The molecule has 0 fully saturated rings. The van der Waals surface area contributed by atoms with Crippen molar-refractivity contribution in [2.24, 2.45) is 0 Å². The Bertz CT molecular complexity index is 823. The van der Waals surface area contributed by atoms with Gasteiger partial charge in [0, 0.05) is 11.3 Å². The van der Waals surface area contributed by atoms with Gasteiger partial charge in [0.25, 0.3) is 5.56 Å². The summed E-state index contributed by atoms with van der Waals surface area (Å²) in [5.41, 5.74) is 7.57. The number of benzene rings is 2. The molecule has 0 aliphatic heterocycles. The van der Waals surface area contributed by atoms with E-state index in [9.17, 15) is 4.79 Å². The summed E-state index contributed by atoms with van der Waals surface area (Å²) in [4.78, 5) is 19.4. The number of nitrogens with two attached hydrogens (primary N) is 1. The molecule has 1 aromatic heterocycles. The van der Waals surface area contributed by atoms with E-state index >= 15 is 0 Å². The van der Waals surface area contributed by atoms with Crippen molar-refractivity contribution in [2.75, 3.05) is 12.8 Å². The van der Waals surface area contributed by atoms with Crippen molar-refractivity contribution in [3.63, 3.8) is 0 Å². The number of fused-ring (bicyclic) bond motifs is 1. The summed E-state index contributed by atoms with van der Waals surface area (Å²) >= 11 is 0. The third-order valence-electron chi connectivity index (χ3n) is 3.10. The van der Waals surface area contributed by atoms with Crippen LogP contribution in [0.2, 0.25) is 0 Å². The highest BCUT2D eigenvalue weighted by atomic mass is 16.5. The first-order valence-corrected chi connectivity index (χ1v) is 6.11. The Morgan fingerprint density at radius 1 is 1.15 bits per heavy atom. The second kappa shape index (κ2) is 4.70. The molecule has 0 amide bonds. The SMILES string of the molecule is COc1ccc2nc(-c3ccc(N)cc3)[nH]c(=O)c2c1. The lowest BCUT2D eigenvalue weighted by molar-refractivity contribution is 0.415.